The number of aromatic carboxylic acids is 1. The molecule has 82 valence electrons. The summed E-state index contributed by atoms with van der Waals surface area (Å²) in [6.45, 7) is 1.79. The van der Waals surface area contributed by atoms with E-state index in [0.717, 1.165) is 16.0 Å². The Morgan fingerprint density at radius 1 is 1.31 bits per heavy atom. The molecular weight excluding hydrogens is 222 g/mol. The Balaban J connectivity index is 2.61. The fourth-order valence-electron chi connectivity index (χ4n) is 1.67. The zero-order valence-electron chi connectivity index (χ0n) is 8.73. The van der Waals surface area contributed by atoms with E-state index in [-0.39, 0.29) is 5.56 Å². The number of hydrogen-bond acceptors (Lipinski definition) is 3. The van der Waals surface area contributed by atoms with Gasteiger partial charge < -0.3 is 10.8 Å². The predicted molar refractivity (Wildman–Crippen MR) is 65.9 cm³/mol. The first-order valence-corrected chi connectivity index (χ1v) is 5.60. The van der Waals surface area contributed by atoms with Crippen molar-refractivity contribution in [2.75, 3.05) is 5.73 Å². The van der Waals surface area contributed by atoms with Crippen LogP contribution < -0.4 is 5.73 Å². The van der Waals surface area contributed by atoms with Crippen LogP contribution in [-0.2, 0) is 0 Å². The summed E-state index contributed by atoms with van der Waals surface area (Å²) >= 11 is 1.32. The Morgan fingerprint density at radius 2 is 1.94 bits per heavy atom. The normalized spacial score (nSPS) is 10.3. The molecule has 16 heavy (non-hydrogen) atoms. The molecule has 3 N–H and O–H groups in total. The number of rotatable bonds is 2. The molecule has 1 aromatic carbocycles. The molecule has 0 radical (unpaired) electrons. The molecular formula is C12H11NO2S. The Bertz CT molecular complexity index is 531. The molecule has 2 aromatic rings. The van der Waals surface area contributed by atoms with Crippen LogP contribution in [0.5, 0.6) is 0 Å². The van der Waals surface area contributed by atoms with Crippen LogP contribution in [0.2, 0.25) is 0 Å². The van der Waals surface area contributed by atoms with E-state index in [1.807, 2.05) is 30.3 Å². The van der Waals surface area contributed by atoms with Gasteiger partial charge in [0, 0.05) is 4.88 Å². The lowest BCUT2D eigenvalue weighted by molar-refractivity contribution is 0.0698. The maximum atomic E-state index is 11.0. The lowest BCUT2D eigenvalue weighted by Gasteiger charge is -1.99. The van der Waals surface area contributed by atoms with Gasteiger partial charge in [0.1, 0.15) is 5.00 Å². The fourth-order valence-corrected chi connectivity index (χ4v) is 2.74. The third-order valence-corrected chi connectivity index (χ3v) is 3.59. The first kappa shape index (κ1) is 10.7. The molecule has 0 spiro atoms. The highest BCUT2D eigenvalue weighted by Crippen LogP contribution is 2.37. The van der Waals surface area contributed by atoms with Gasteiger partial charge in [-0.1, -0.05) is 30.3 Å². The summed E-state index contributed by atoms with van der Waals surface area (Å²) in [5.74, 6) is -0.964. The van der Waals surface area contributed by atoms with Crippen molar-refractivity contribution in [1.29, 1.82) is 0 Å². The van der Waals surface area contributed by atoms with Crippen LogP contribution in [0.25, 0.3) is 10.4 Å². The second kappa shape index (κ2) is 3.98. The second-order valence-electron chi connectivity index (χ2n) is 3.47. The maximum Gasteiger partial charge on any atom is 0.338 e. The van der Waals surface area contributed by atoms with Crippen LogP contribution >= 0.6 is 11.3 Å². The zero-order chi connectivity index (χ0) is 11.7. The molecule has 0 saturated carbocycles. The van der Waals surface area contributed by atoms with E-state index < -0.39 is 5.97 Å². The molecule has 0 aliphatic carbocycles. The van der Waals surface area contributed by atoms with Crippen molar-refractivity contribution in [2.45, 2.75) is 6.92 Å². The minimum Gasteiger partial charge on any atom is -0.478 e. The van der Waals surface area contributed by atoms with E-state index in [4.69, 9.17) is 10.8 Å². The molecule has 0 atom stereocenters. The average molecular weight is 233 g/mol. The molecule has 2 rings (SSSR count). The SMILES string of the molecule is Cc1c(-c2ccccc2)sc(N)c1C(=O)O. The molecule has 0 saturated heterocycles. The molecule has 1 heterocycles. The van der Waals surface area contributed by atoms with Crippen molar-refractivity contribution < 1.29 is 9.90 Å². The van der Waals surface area contributed by atoms with Crippen molar-refractivity contribution in [1.82, 2.24) is 0 Å². The van der Waals surface area contributed by atoms with Crippen LogP contribution in [0.15, 0.2) is 30.3 Å². The van der Waals surface area contributed by atoms with Gasteiger partial charge in [-0.15, -0.1) is 11.3 Å². The Kier molecular flexibility index (Phi) is 2.66. The Hall–Kier alpha value is -1.81. The van der Waals surface area contributed by atoms with Crippen LogP contribution in [0, 0.1) is 6.92 Å². The topological polar surface area (TPSA) is 63.3 Å². The van der Waals surface area contributed by atoms with Crippen molar-refractivity contribution in [3.8, 4) is 10.4 Å². The first-order valence-electron chi connectivity index (χ1n) is 4.79. The van der Waals surface area contributed by atoms with Gasteiger partial charge in [0.05, 0.1) is 5.56 Å². The van der Waals surface area contributed by atoms with Gasteiger partial charge in [0.2, 0.25) is 0 Å². The van der Waals surface area contributed by atoms with Crippen LogP contribution in [0.3, 0.4) is 0 Å². The fraction of sp³-hybridized carbons (Fsp3) is 0.0833. The highest BCUT2D eigenvalue weighted by molar-refractivity contribution is 7.19. The van der Waals surface area contributed by atoms with Gasteiger partial charge in [0.15, 0.2) is 0 Å². The Morgan fingerprint density at radius 3 is 2.44 bits per heavy atom. The average Bonchev–Trinajstić information content (AvgIpc) is 2.55. The number of carboxylic acids is 1. The second-order valence-corrected chi connectivity index (χ2v) is 4.52. The standard InChI is InChI=1S/C12H11NO2S/c1-7-9(12(14)15)11(13)16-10(7)8-5-3-2-4-6-8/h2-6H,13H2,1H3,(H,14,15). The van der Waals surface area contributed by atoms with Crippen LogP contribution in [0.4, 0.5) is 5.00 Å². The van der Waals surface area contributed by atoms with Gasteiger partial charge in [-0.2, -0.15) is 0 Å². The summed E-state index contributed by atoms with van der Waals surface area (Å²) in [5, 5.41) is 9.40. The van der Waals surface area contributed by atoms with E-state index >= 15 is 0 Å². The van der Waals surface area contributed by atoms with Gasteiger partial charge in [-0.3, -0.25) is 0 Å². The van der Waals surface area contributed by atoms with E-state index in [1.54, 1.807) is 6.92 Å². The number of carboxylic acid groups (broad SMARTS) is 1. The molecule has 0 amide bonds. The van der Waals surface area contributed by atoms with Gasteiger partial charge >= 0.3 is 5.97 Å². The summed E-state index contributed by atoms with van der Waals surface area (Å²) in [4.78, 5) is 11.9. The zero-order valence-corrected chi connectivity index (χ0v) is 9.54. The van der Waals surface area contributed by atoms with Gasteiger partial charge in [-0.25, -0.2) is 4.79 Å². The van der Waals surface area contributed by atoms with Gasteiger partial charge in [-0.05, 0) is 18.1 Å². The number of hydrogen-bond donors (Lipinski definition) is 2. The van der Waals surface area contributed by atoms with E-state index in [0.29, 0.717) is 5.00 Å². The van der Waals surface area contributed by atoms with E-state index in [2.05, 4.69) is 0 Å². The van der Waals surface area contributed by atoms with Crippen molar-refractivity contribution in [3.63, 3.8) is 0 Å². The number of nitrogens with two attached hydrogens (primary N) is 1. The summed E-state index contributed by atoms with van der Waals surface area (Å²) in [6.07, 6.45) is 0. The summed E-state index contributed by atoms with van der Waals surface area (Å²) in [6, 6.07) is 9.66. The van der Waals surface area contributed by atoms with Crippen LogP contribution in [0.1, 0.15) is 15.9 Å². The molecule has 0 aliphatic rings. The molecule has 4 heteroatoms. The van der Waals surface area contributed by atoms with Crippen LogP contribution in [-0.4, -0.2) is 11.1 Å². The van der Waals surface area contributed by atoms with Crippen molar-refractivity contribution >= 4 is 22.3 Å². The molecule has 0 unspecified atom stereocenters. The first-order chi connectivity index (χ1) is 7.61. The molecule has 3 nitrogen and oxygen atoms in total. The summed E-state index contributed by atoms with van der Waals surface area (Å²) in [5.41, 5.74) is 7.69. The quantitative estimate of drug-likeness (QED) is 0.838. The highest BCUT2D eigenvalue weighted by atomic mass is 32.1. The minimum absolute atomic E-state index is 0.226. The Labute approximate surface area is 97.2 Å². The number of anilines is 1. The summed E-state index contributed by atoms with van der Waals surface area (Å²) < 4.78 is 0. The number of nitrogen functional groups attached to an aromatic ring is 1. The summed E-state index contributed by atoms with van der Waals surface area (Å²) in [7, 11) is 0. The third-order valence-electron chi connectivity index (χ3n) is 2.42. The smallest absolute Gasteiger partial charge is 0.338 e. The van der Waals surface area contributed by atoms with E-state index in [9.17, 15) is 4.79 Å². The number of carbonyl (C=O) groups is 1. The van der Waals surface area contributed by atoms with Gasteiger partial charge in [0.25, 0.3) is 0 Å². The lowest BCUT2D eigenvalue weighted by Crippen LogP contribution is -2.00. The number of benzene rings is 1. The molecule has 0 bridgehead atoms. The molecule has 0 aliphatic heterocycles. The lowest BCUT2D eigenvalue weighted by atomic mass is 10.1. The molecule has 1 aromatic heterocycles. The largest absolute Gasteiger partial charge is 0.478 e. The van der Waals surface area contributed by atoms with Crippen molar-refractivity contribution in [3.05, 3.63) is 41.5 Å². The predicted octanol–water partition coefficient (Wildman–Crippen LogP) is 3.00. The maximum absolute atomic E-state index is 11.0. The monoisotopic (exact) mass is 233 g/mol. The number of thiophene rings is 1. The third kappa shape index (κ3) is 1.67. The minimum atomic E-state index is -0.964. The van der Waals surface area contributed by atoms with E-state index in [1.165, 1.54) is 11.3 Å². The highest BCUT2D eigenvalue weighted by Gasteiger charge is 2.19. The van der Waals surface area contributed by atoms with Crippen molar-refractivity contribution in [2.24, 2.45) is 0 Å². The molecule has 0 fully saturated rings.